The number of ether oxygens (including phenoxy) is 1. The highest BCUT2D eigenvalue weighted by molar-refractivity contribution is 9.13. The minimum Gasteiger partial charge on any atom is -0.492 e. The summed E-state index contributed by atoms with van der Waals surface area (Å²) >= 11 is 6.85. The molecular formula is C11H8Br2O3. The van der Waals surface area contributed by atoms with Crippen LogP contribution >= 0.6 is 31.9 Å². The number of rotatable bonds is 2. The third kappa shape index (κ3) is 2.15. The molecule has 1 aliphatic heterocycles. The van der Waals surface area contributed by atoms with E-state index in [2.05, 4.69) is 31.9 Å². The van der Waals surface area contributed by atoms with Gasteiger partial charge in [0.2, 0.25) is 0 Å². The molecule has 0 spiro atoms. The normalized spacial score (nSPS) is 13.9. The Bertz CT molecular complexity index is 481. The van der Waals surface area contributed by atoms with E-state index in [0.717, 1.165) is 38.3 Å². The molecular weight excluding hydrogens is 340 g/mol. The van der Waals surface area contributed by atoms with Crippen molar-refractivity contribution in [2.45, 2.75) is 6.42 Å². The van der Waals surface area contributed by atoms with E-state index in [1.165, 1.54) is 0 Å². The smallest absolute Gasteiger partial charge is 0.328 e. The van der Waals surface area contributed by atoms with Gasteiger partial charge >= 0.3 is 5.97 Å². The Labute approximate surface area is 109 Å². The molecule has 1 heterocycles. The first-order valence-corrected chi connectivity index (χ1v) is 6.23. The second kappa shape index (κ2) is 4.59. The average Bonchev–Trinajstić information content (AvgIpc) is 2.69. The molecule has 0 fully saturated rings. The van der Waals surface area contributed by atoms with E-state index in [-0.39, 0.29) is 0 Å². The lowest BCUT2D eigenvalue weighted by atomic mass is 10.1. The number of hydrogen-bond acceptors (Lipinski definition) is 2. The van der Waals surface area contributed by atoms with Crippen LogP contribution < -0.4 is 4.74 Å². The van der Waals surface area contributed by atoms with E-state index < -0.39 is 5.97 Å². The van der Waals surface area contributed by atoms with Crippen molar-refractivity contribution in [2.75, 3.05) is 6.61 Å². The summed E-state index contributed by atoms with van der Waals surface area (Å²) in [4.78, 5) is 10.5. The Balaban J connectivity index is 2.48. The lowest BCUT2D eigenvalue weighted by Crippen LogP contribution is -1.89. The molecule has 3 nitrogen and oxygen atoms in total. The molecule has 0 aromatic heterocycles. The standard InChI is InChI=1S/C11H8Br2O3/c12-9-6(1-2-8(14)15)5-7-3-4-16-11(7)10(9)13/h1-2,5H,3-4H2,(H,14,15). The van der Waals surface area contributed by atoms with Gasteiger partial charge in [0.05, 0.1) is 11.1 Å². The minimum atomic E-state index is -0.959. The van der Waals surface area contributed by atoms with Crippen LogP contribution in [0.4, 0.5) is 0 Å². The largest absolute Gasteiger partial charge is 0.492 e. The summed E-state index contributed by atoms with van der Waals surface area (Å²) in [7, 11) is 0. The first-order chi connectivity index (χ1) is 7.59. The molecule has 84 valence electrons. The van der Waals surface area contributed by atoms with Gasteiger partial charge < -0.3 is 9.84 Å². The van der Waals surface area contributed by atoms with Crippen LogP contribution in [-0.4, -0.2) is 17.7 Å². The molecule has 1 aliphatic rings. The van der Waals surface area contributed by atoms with Gasteiger partial charge in [-0.05, 0) is 55.1 Å². The summed E-state index contributed by atoms with van der Waals surface area (Å²) < 4.78 is 7.12. The summed E-state index contributed by atoms with van der Waals surface area (Å²) in [5.74, 6) is -0.112. The van der Waals surface area contributed by atoms with Gasteiger partial charge in [0.15, 0.2) is 0 Å². The van der Waals surface area contributed by atoms with Crippen LogP contribution in [0.3, 0.4) is 0 Å². The van der Waals surface area contributed by atoms with Gasteiger partial charge in [-0.3, -0.25) is 0 Å². The number of carboxylic acid groups (broad SMARTS) is 1. The van der Waals surface area contributed by atoms with Crippen LogP contribution in [-0.2, 0) is 11.2 Å². The minimum absolute atomic E-state index is 0.673. The fraction of sp³-hybridized carbons (Fsp3) is 0.182. The molecule has 0 saturated carbocycles. The molecule has 0 unspecified atom stereocenters. The Hall–Kier alpha value is -0.810. The van der Waals surface area contributed by atoms with Crippen LogP contribution in [0.25, 0.3) is 6.08 Å². The Kier molecular flexibility index (Phi) is 3.35. The van der Waals surface area contributed by atoms with Crippen molar-refractivity contribution in [1.82, 2.24) is 0 Å². The lowest BCUT2D eigenvalue weighted by Gasteiger charge is -2.07. The zero-order valence-corrected chi connectivity index (χ0v) is 11.3. The van der Waals surface area contributed by atoms with Crippen molar-refractivity contribution in [3.63, 3.8) is 0 Å². The van der Waals surface area contributed by atoms with Crippen molar-refractivity contribution in [2.24, 2.45) is 0 Å². The number of carboxylic acids is 1. The second-order valence-electron chi connectivity index (χ2n) is 3.35. The third-order valence-corrected chi connectivity index (χ3v) is 4.43. The summed E-state index contributed by atoms with van der Waals surface area (Å²) in [5, 5.41) is 8.59. The average molecular weight is 348 g/mol. The van der Waals surface area contributed by atoms with Gasteiger partial charge in [-0.15, -0.1) is 0 Å². The molecule has 1 N–H and O–H groups in total. The van der Waals surface area contributed by atoms with Crippen LogP contribution in [0.5, 0.6) is 5.75 Å². The Morgan fingerprint density at radius 3 is 2.88 bits per heavy atom. The number of benzene rings is 1. The highest BCUT2D eigenvalue weighted by Gasteiger charge is 2.19. The van der Waals surface area contributed by atoms with Crippen LogP contribution in [0.15, 0.2) is 21.1 Å². The van der Waals surface area contributed by atoms with Gasteiger partial charge in [0.25, 0.3) is 0 Å². The van der Waals surface area contributed by atoms with Gasteiger partial charge in [-0.2, -0.15) is 0 Å². The summed E-state index contributed by atoms with van der Waals surface area (Å²) in [6.45, 7) is 0.673. The number of aliphatic carboxylic acids is 1. The molecule has 0 amide bonds. The third-order valence-electron chi connectivity index (χ3n) is 2.29. The maximum atomic E-state index is 10.5. The zero-order chi connectivity index (χ0) is 11.7. The molecule has 16 heavy (non-hydrogen) atoms. The highest BCUT2D eigenvalue weighted by Crippen LogP contribution is 2.41. The molecule has 1 aromatic carbocycles. The molecule has 0 atom stereocenters. The topological polar surface area (TPSA) is 46.5 Å². The predicted octanol–water partition coefficient (Wildman–Crippen LogP) is 3.24. The number of carbonyl (C=O) groups is 1. The molecule has 0 radical (unpaired) electrons. The first-order valence-electron chi connectivity index (χ1n) is 4.64. The Morgan fingerprint density at radius 2 is 2.19 bits per heavy atom. The van der Waals surface area contributed by atoms with Crippen molar-refractivity contribution in [1.29, 1.82) is 0 Å². The molecule has 1 aromatic rings. The number of fused-ring (bicyclic) bond motifs is 1. The zero-order valence-electron chi connectivity index (χ0n) is 8.17. The van der Waals surface area contributed by atoms with Crippen molar-refractivity contribution >= 4 is 43.9 Å². The van der Waals surface area contributed by atoms with E-state index in [9.17, 15) is 4.79 Å². The van der Waals surface area contributed by atoms with Gasteiger partial charge in [0, 0.05) is 17.0 Å². The molecule has 0 saturated heterocycles. The second-order valence-corrected chi connectivity index (χ2v) is 4.94. The van der Waals surface area contributed by atoms with Crippen molar-refractivity contribution in [3.8, 4) is 5.75 Å². The van der Waals surface area contributed by atoms with Crippen LogP contribution in [0.1, 0.15) is 11.1 Å². The molecule has 0 bridgehead atoms. The van der Waals surface area contributed by atoms with Gasteiger partial charge in [0.1, 0.15) is 5.75 Å². The van der Waals surface area contributed by atoms with E-state index in [4.69, 9.17) is 9.84 Å². The molecule has 2 rings (SSSR count). The van der Waals surface area contributed by atoms with Crippen molar-refractivity contribution < 1.29 is 14.6 Å². The van der Waals surface area contributed by atoms with E-state index in [1.807, 2.05) is 6.07 Å². The van der Waals surface area contributed by atoms with Crippen LogP contribution in [0, 0.1) is 0 Å². The van der Waals surface area contributed by atoms with Gasteiger partial charge in [-0.1, -0.05) is 0 Å². The monoisotopic (exact) mass is 346 g/mol. The number of hydrogen-bond donors (Lipinski definition) is 1. The molecule has 5 heteroatoms. The summed E-state index contributed by atoms with van der Waals surface area (Å²) in [5.41, 5.74) is 1.93. The van der Waals surface area contributed by atoms with Crippen LogP contribution in [0.2, 0.25) is 0 Å². The van der Waals surface area contributed by atoms with E-state index in [1.54, 1.807) is 6.08 Å². The quantitative estimate of drug-likeness (QED) is 0.835. The fourth-order valence-electron chi connectivity index (χ4n) is 1.57. The molecule has 0 aliphatic carbocycles. The Morgan fingerprint density at radius 1 is 1.44 bits per heavy atom. The van der Waals surface area contributed by atoms with E-state index >= 15 is 0 Å². The van der Waals surface area contributed by atoms with E-state index in [0.29, 0.717) is 6.61 Å². The maximum absolute atomic E-state index is 10.5. The predicted molar refractivity (Wildman–Crippen MR) is 67.7 cm³/mol. The number of halogens is 2. The highest BCUT2D eigenvalue weighted by atomic mass is 79.9. The fourth-order valence-corrected chi connectivity index (χ4v) is 2.60. The first kappa shape index (κ1) is 11.7. The maximum Gasteiger partial charge on any atom is 0.328 e. The summed E-state index contributed by atoms with van der Waals surface area (Å²) in [6.07, 6.45) is 3.54. The van der Waals surface area contributed by atoms with Gasteiger partial charge in [-0.25, -0.2) is 4.79 Å². The lowest BCUT2D eigenvalue weighted by molar-refractivity contribution is -0.131. The summed E-state index contributed by atoms with van der Waals surface area (Å²) in [6, 6.07) is 1.94. The van der Waals surface area contributed by atoms with Crippen molar-refractivity contribution in [3.05, 3.63) is 32.2 Å². The SMILES string of the molecule is O=C(O)C=Cc1cc2c(c(Br)c1Br)OCC2.